The van der Waals surface area contributed by atoms with E-state index in [1.54, 1.807) is 14.2 Å². The molecule has 1 heterocycles. The van der Waals surface area contributed by atoms with Crippen molar-refractivity contribution in [1.29, 1.82) is 0 Å². The predicted molar refractivity (Wildman–Crippen MR) is 115 cm³/mol. The third-order valence-electron chi connectivity index (χ3n) is 4.95. The summed E-state index contributed by atoms with van der Waals surface area (Å²) in [6.45, 7) is 7.21. The summed E-state index contributed by atoms with van der Waals surface area (Å²) in [5, 5.41) is 3.05. The van der Waals surface area contributed by atoms with Crippen LogP contribution in [0.5, 0.6) is 11.5 Å². The van der Waals surface area contributed by atoms with Gasteiger partial charge in [-0.1, -0.05) is 13.0 Å². The summed E-state index contributed by atoms with van der Waals surface area (Å²) < 4.78 is 16.2. The summed E-state index contributed by atoms with van der Waals surface area (Å²) in [5.74, 6) is 1.11. The fourth-order valence-electron chi connectivity index (χ4n) is 3.00. The number of hydrogen-bond donors (Lipinski definition) is 2. The maximum atomic E-state index is 12.3. The molecule has 1 amide bonds. The van der Waals surface area contributed by atoms with E-state index < -0.39 is 0 Å². The van der Waals surface area contributed by atoms with Gasteiger partial charge in [0.1, 0.15) is 0 Å². The smallest absolute Gasteiger partial charge is 0.224 e. The number of methoxy groups -OCH3 is 2. The van der Waals surface area contributed by atoms with E-state index in [4.69, 9.17) is 19.9 Å². The molecule has 2 rings (SSSR count). The van der Waals surface area contributed by atoms with Crippen LogP contribution in [0, 0.1) is 5.92 Å². The largest absolute Gasteiger partial charge is 0.493 e. The van der Waals surface area contributed by atoms with Crippen molar-refractivity contribution >= 4 is 30.7 Å². The summed E-state index contributed by atoms with van der Waals surface area (Å²) >= 11 is 0. The van der Waals surface area contributed by atoms with Crippen LogP contribution in [0.25, 0.3) is 0 Å². The number of morpholine rings is 1. The van der Waals surface area contributed by atoms with E-state index in [1.807, 2.05) is 32.0 Å². The fourth-order valence-corrected chi connectivity index (χ4v) is 3.00. The van der Waals surface area contributed by atoms with Gasteiger partial charge in [0.05, 0.1) is 33.5 Å². The zero-order chi connectivity index (χ0) is 19.1. The van der Waals surface area contributed by atoms with Crippen molar-refractivity contribution in [2.75, 3.05) is 47.1 Å². The molecule has 1 aromatic rings. The number of nitrogens with zero attached hydrogens (tertiary/aromatic N) is 1. The lowest BCUT2D eigenvalue weighted by Crippen LogP contribution is -2.46. The molecule has 7 nitrogen and oxygen atoms in total. The molecule has 9 heteroatoms. The topological polar surface area (TPSA) is 86.0 Å². The first kappa shape index (κ1) is 26.8. The van der Waals surface area contributed by atoms with Gasteiger partial charge >= 0.3 is 0 Å². The molecule has 1 aromatic carbocycles. The minimum absolute atomic E-state index is 0. The molecule has 1 aliphatic rings. The van der Waals surface area contributed by atoms with Gasteiger partial charge in [-0.25, -0.2) is 0 Å². The lowest BCUT2D eigenvalue weighted by atomic mass is 10.0. The van der Waals surface area contributed by atoms with E-state index in [0.717, 1.165) is 18.7 Å². The van der Waals surface area contributed by atoms with Crippen LogP contribution >= 0.6 is 24.8 Å². The number of halogens is 2. The molecule has 0 radical (unpaired) electrons. The molecular formula is C19H33Cl2N3O4. The van der Waals surface area contributed by atoms with Crippen molar-refractivity contribution in [2.45, 2.75) is 25.9 Å². The first-order chi connectivity index (χ1) is 12.5. The fraction of sp³-hybridized carbons (Fsp3) is 0.632. The van der Waals surface area contributed by atoms with Gasteiger partial charge in [-0.05, 0) is 24.6 Å². The van der Waals surface area contributed by atoms with E-state index in [2.05, 4.69) is 10.2 Å². The van der Waals surface area contributed by atoms with E-state index >= 15 is 0 Å². The first-order valence-electron chi connectivity index (χ1n) is 9.05. The molecule has 0 saturated carbocycles. The molecule has 1 saturated heterocycles. The van der Waals surface area contributed by atoms with Gasteiger partial charge < -0.3 is 25.3 Å². The van der Waals surface area contributed by atoms with E-state index in [0.29, 0.717) is 31.3 Å². The number of amides is 1. The van der Waals surface area contributed by atoms with Gasteiger partial charge in [-0.2, -0.15) is 0 Å². The predicted octanol–water partition coefficient (Wildman–Crippen LogP) is 2.02. The number of rotatable bonds is 8. The molecule has 0 bridgehead atoms. The van der Waals surface area contributed by atoms with E-state index in [-0.39, 0.29) is 48.7 Å². The SMILES string of the molecule is COc1ccc(C(CNC(=O)C(C)C(C)N)N2CCOCC2)cc1OC.Cl.Cl. The monoisotopic (exact) mass is 437 g/mol. The summed E-state index contributed by atoms with van der Waals surface area (Å²) in [5.41, 5.74) is 6.92. The van der Waals surface area contributed by atoms with Crippen molar-refractivity contribution < 1.29 is 19.0 Å². The van der Waals surface area contributed by atoms with Crippen molar-refractivity contribution in [3.8, 4) is 11.5 Å². The van der Waals surface area contributed by atoms with Crippen LogP contribution in [-0.4, -0.2) is 63.9 Å². The maximum Gasteiger partial charge on any atom is 0.224 e. The number of carbonyl (C=O) groups is 1. The third-order valence-corrected chi connectivity index (χ3v) is 4.95. The summed E-state index contributed by atoms with van der Waals surface area (Å²) in [6, 6.07) is 5.73. The molecule has 1 fully saturated rings. The maximum absolute atomic E-state index is 12.3. The van der Waals surface area contributed by atoms with Crippen LogP contribution < -0.4 is 20.5 Å². The zero-order valence-corrected chi connectivity index (χ0v) is 18.6. The molecule has 0 spiro atoms. The molecule has 3 N–H and O–H groups in total. The number of ether oxygens (including phenoxy) is 3. The highest BCUT2D eigenvalue weighted by molar-refractivity contribution is 5.85. The molecule has 0 aliphatic carbocycles. The van der Waals surface area contributed by atoms with Gasteiger partial charge in [0.2, 0.25) is 5.91 Å². The Labute approximate surface area is 180 Å². The van der Waals surface area contributed by atoms with Crippen molar-refractivity contribution in [3.63, 3.8) is 0 Å². The highest BCUT2D eigenvalue weighted by Gasteiger charge is 2.25. The van der Waals surface area contributed by atoms with E-state index in [9.17, 15) is 4.79 Å². The lowest BCUT2D eigenvalue weighted by Gasteiger charge is -2.35. The lowest BCUT2D eigenvalue weighted by molar-refractivity contribution is -0.125. The Balaban J connectivity index is 0.00000364. The Morgan fingerprint density at radius 3 is 2.32 bits per heavy atom. The molecule has 3 atom stereocenters. The highest BCUT2D eigenvalue weighted by atomic mass is 35.5. The van der Waals surface area contributed by atoms with E-state index in [1.165, 1.54) is 0 Å². The number of hydrogen-bond acceptors (Lipinski definition) is 6. The Bertz CT molecular complexity index is 599. The van der Waals surface area contributed by atoms with Crippen LogP contribution in [0.2, 0.25) is 0 Å². The third kappa shape index (κ3) is 6.97. The normalized spacial score (nSPS) is 17.3. The first-order valence-corrected chi connectivity index (χ1v) is 9.05. The Morgan fingerprint density at radius 1 is 1.18 bits per heavy atom. The minimum Gasteiger partial charge on any atom is -0.493 e. The average molecular weight is 438 g/mol. The van der Waals surface area contributed by atoms with Gasteiger partial charge in [-0.3, -0.25) is 9.69 Å². The van der Waals surface area contributed by atoms with Gasteiger partial charge in [0.25, 0.3) is 0 Å². The Morgan fingerprint density at radius 2 is 1.79 bits per heavy atom. The molecule has 1 aliphatic heterocycles. The van der Waals surface area contributed by atoms with Crippen LogP contribution in [0.3, 0.4) is 0 Å². The zero-order valence-electron chi connectivity index (χ0n) is 17.0. The minimum atomic E-state index is -0.231. The summed E-state index contributed by atoms with van der Waals surface area (Å²) in [7, 11) is 3.24. The second-order valence-electron chi connectivity index (χ2n) is 6.67. The molecular weight excluding hydrogens is 405 g/mol. The quantitative estimate of drug-likeness (QED) is 0.646. The van der Waals surface area contributed by atoms with Gasteiger partial charge in [0, 0.05) is 31.6 Å². The molecule has 162 valence electrons. The van der Waals surface area contributed by atoms with Crippen molar-refractivity contribution in [1.82, 2.24) is 10.2 Å². The number of benzene rings is 1. The second-order valence-corrected chi connectivity index (χ2v) is 6.67. The van der Waals surface area contributed by atoms with Crippen LogP contribution in [0.4, 0.5) is 0 Å². The van der Waals surface area contributed by atoms with Crippen LogP contribution in [0.15, 0.2) is 18.2 Å². The Kier molecular flexibility index (Phi) is 12.5. The second kappa shape index (κ2) is 13.1. The number of nitrogens with one attached hydrogen (secondary N) is 1. The highest BCUT2D eigenvalue weighted by Crippen LogP contribution is 2.32. The van der Waals surface area contributed by atoms with Crippen LogP contribution in [0.1, 0.15) is 25.5 Å². The average Bonchev–Trinajstić information content (AvgIpc) is 2.67. The van der Waals surface area contributed by atoms with Gasteiger partial charge in [0.15, 0.2) is 11.5 Å². The van der Waals surface area contributed by atoms with Crippen LogP contribution in [-0.2, 0) is 9.53 Å². The molecule has 3 unspecified atom stereocenters. The summed E-state index contributed by atoms with van der Waals surface area (Å²) in [4.78, 5) is 14.7. The van der Waals surface area contributed by atoms with Crippen molar-refractivity contribution in [3.05, 3.63) is 23.8 Å². The standard InChI is InChI=1S/C19H31N3O4.2ClH/c1-13(14(2)20)19(23)21-12-16(22-7-9-26-10-8-22)15-5-6-17(24-3)18(11-15)25-4;;/h5-6,11,13-14,16H,7-10,12,20H2,1-4H3,(H,21,23);2*1H. The number of carbonyl (C=O) groups excluding carboxylic acids is 1. The molecule has 0 aromatic heterocycles. The number of nitrogens with two attached hydrogens (primary N) is 1. The van der Waals surface area contributed by atoms with Gasteiger partial charge in [-0.15, -0.1) is 24.8 Å². The molecule has 28 heavy (non-hydrogen) atoms. The van der Waals surface area contributed by atoms with Crippen molar-refractivity contribution in [2.24, 2.45) is 11.7 Å². The summed E-state index contributed by atoms with van der Waals surface area (Å²) in [6.07, 6.45) is 0. The Hall–Kier alpha value is -1.25.